The molecule has 0 rings (SSSR count). The number of esters is 1. The Morgan fingerprint density at radius 1 is 0.640 bits per heavy atom. The summed E-state index contributed by atoms with van der Waals surface area (Å²) in [5, 5.41) is 0. The Morgan fingerprint density at radius 3 is 1.70 bits per heavy atom. The molecular formula is C41H74NO7P. The predicted molar refractivity (Wildman–Crippen MR) is 210 cm³/mol. The molecule has 3 N–H and O–H groups in total. The fraction of sp³-hybridized carbons (Fsp3) is 0.732. The molecule has 0 saturated carbocycles. The van der Waals surface area contributed by atoms with Crippen molar-refractivity contribution >= 4 is 13.8 Å². The molecule has 0 spiro atoms. The van der Waals surface area contributed by atoms with Gasteiger partial charge in [-0.1, -0.05) is 146 Å². The van der Waals surface area contributed by atoms with Gasteiger partial charge >= 0.3 is 13.8 Å². The summed E-state index contributed by atoms with van der Waals surface area (Å²) in [6.07, 6.45) is 46.1. The zero-order valence-corrected chi connectivity index (χ0v) is 32.8. The fourth-order valence-corrected chi connectivity index (χ4v) is 5.89. The lowest BCUT2D eigenvalue weighted by Crippen LogP contribution is -2.27. The molecule has 0 radical (unpaired) electrons. The van der Waals surface area contributed by atoms with Crippen LogP contribution in [0.3, 0.4) is 0 Å². The van der Waals surface area contributed by atoms with E-state index in [-0.39, 0.29) is 38.8 Å². The molecule has 0 aromatic carbocycles. The first kappa shape index (κ1) is 48.0. The number of allylic oxidation sites excluding steroid dienone is 9. The van der Waals surface area contributed by atoms with Gasteiger partial charge in [0.05, 0.1) is 19.5 Å². The van der Waals surface area contributed by atoms with Crippen LogP contribution in [0.25, 0.3) is 0 Å². The van der Waals surface area contributed by atoms with Crippen molar-refractivity contribution in [2.24, 2.45) is 5.73 Å². The first-order valence-electron chi connectivity index (χ1n) is 19.8. The van der Waals surface area contributed by atoms with E-state index >= 15 is 0 Å². The average molecular weight is 724 g/mol. The predicted octanol–water partition coefficient (Wildman–Crippen LogP) is 11.8. The highest BCUT2D eigenvalue weighted by atomic mass is 31.2. The van der Waals surface area contributed by atoms with Crippen molar-refractivity contribution in [2.45, 2.75) is 168 Å². The standard InChI is InChI=1S/C41H74NO7P/c1-3-5-7-9-11-13-15-17-19-20-21-22-24-26-28-30-32-34-41(43)49-40(39-48-50(44,45)47-37-35-42)38-46-36-33-31-29-27-25-23-18-16-14-12-10-8-6-4-2/h5,7,11,13,17,19,21-22,33,36,40H,3-4,6,8-10,12,14-16,18,20,23-32,34-35,37-39,42H2,1-2H3,(H,44,45)/b7-5-,13-11-,19-17-,22-21-,36-33-/t40-/m1/s1. The second-order valence-corrected chi connectivity index (χ2v) is 14.3. The van der Waals surface area contributed by atoms with Crippen LogP contribution < -0.4 is 5.73 Å². The summed E-state index contributed by atoms with van der Waals surface area (Å²) in [6, 6.07) is 0. The summed E-state index contributed by atoms with van der Waals surface area (Å²) < 4.78 is 33.1. The van der Waals surface area contributed by atoms with Gasteiger partial charge in [0.25, 0.3) is 0 Å². The third kappa shape index (κ3) is 37.3. The van der Waals surface area contributed by atoms with Crippen molar-refractivity contribution in [1.29, 1.82) is 0 Å². The van der Waals surface area contributed by atoms with Crippen molar-refractivity contribution < 1.29 is 32.8 Å². The summed E-state index contributed by atoms with van der Waals surface area (Å²) in [7, 11) is -4.30. The van der Waals surface area contributed by atoms with Gasteiger partial charge in [0, 0.05) is 13.0 Å². The molecule has 0 aliphatic rings. The quantitative estimate of drug-likeness (QED) is 0.0214. The first-order valence-corrected chi connectivity index (χ1v) is 21.3. The smallest absolute Gasteiger partial charge is 0.472 e. The van der Waals surface area contributed by atoms with Gasteiger partial charge in [-0.25, -0.2) is 4.57 Å². The lowest BCUT2D eigenvalue weighted by atomic mass is 10.0. The van der Waals surface area contributed by atoms with E-state index in [1.807, 2.05) is 6.08 Å². The topological polar surface area (TPSA) is 117 Å². The largest absolute Gasteiger partial charge is 0.498 e. The SMILES string of the molecule is CC/C=C\C/C=C\C/C=C\C/C=C\CCCCCCC(=O)O[C@H](CO/C=C\CCCCCCCCCCCCCC)COP(=O)(O)OCCN. The Bertz CT molecular complexity index is 947. The maximum Gasteiger partial charge on any atom is 0.472 e. The van der Waals surface area contributed by atoms with Crippen LogP contribution >= 0.6 is 7.82 Å². The van der Waals surface area contributed by atoms with Gasteiger partial charge in [0.15, 0.2) is 6.10 Å². The molecule has 0 aromatic rings. The molecule has 0 aromatic heterocycles. The normalized spacial score (nSPS) is 14.2. The second kappa shape index (κ2) is 38.3. The van der Waals surface area contributed by atoms with Crippen molar-refractivity contribution in [3.63, 3.8) is 0 Å². The molecular weight excluding hydrogens is 649 g/mol. The molecule has 0 heterocycles. The van der Waals surface area contributed by atoms with Crippen molar-refractivity contribution in [3.8, 4) is 0 Å². The molecule has 0 fully saturated rings. The van der Waals surface area contributed by atoms with Crippen LogP contribution in [0, 0.1) is 0 Å². The maximum atomic E-state index is 12.5. The number of hydrogen-bond donors (Lipinski definition) is 2. The number of ether oxygens (including phenoxy) is 2. The van der Waals surface area contributed by atoms with Gasteiger partial charge in [-0.3, -0.25) is 13.8 Å². The third-order valence-electron chi connectivity index (χ3n) is 8.01. The third-order valence-corrected chi connectivity index (χ3v) is 9.00. The van der Waals surface area contributed by atoms with E-state index < -0.39 is 13.9 Å². The molecule has 0 amide bonds. The summed E-state index contributed by atoms with van der Waals surface area (Å²) in [4.78, 5) is 22.4. The molecule has 2 atom stereocenters. The zero-order chi connectivity index (χ0) is 36.6. The molecule has 0 aliphatic heterocycles. The highest BCUT2D eigenvalue weighted by molar-refractivity contribution is 7.47. The number of carbonyl (C=O) groups is 1. The molecule has 8 nitrogen and oxygen atoms in total. The Balaban J connectivity index is 4.19. The molecule has 0 saturated heterocycles. The van der Waals surface area contributed by atoms with E-state index in [0.29, 0.717) is 0 Å². The fourth-order valence-electron chi connectivity index (χ4n) is 5.13. The van der Waals surface area contributed by atoms with E-state index in [2.05, 4.69) is 62.5 Å². The van der Waals surface area contributed by atoms with Crippen LogP contribution in [0.4, 0.5) is 0 Å². The van der Waals surface area contributed by atoms with E-state index in [1.54, 1.807) is 6.26 Å². The Hall–Kier alpha value is -1.96. The number of rotatable bonds is 37. The highest BCUT2D eigenvalue weighted by Crippen LogP contribution is 2.43. The molecule has 290 valence electrons. The van der Waals surface area contributed by atoms with E-state index in [4.69, 9.17) is 24.3 Å². The monoisotopic (exact) mass is 724 g/mol. The van der Waals surface area contributed by atoms with Crippen LogP contribution in [-0.4, -0.2) is 43.3 Å². The molecule has 50 heavy (non-hydrogen) atoms. The minimum Gasteiger partial charge on any atom is -0.498 e. The maximum absolute atomic E-state index is 12.5. The van der Waals surface area contributed by atoms with Gasteiger partial charge in [-0.05, 0) is 63.9 Å². The minimum atomic E-state index is -4.30. The second-order valence-electron chi connectivity index (χ2n) is 12.8. The van der Waals surface area contributed by atoms with Crippen LogP contribution in [0.2, 0.25) is 0 Å². The van der Waals surface area contributed by atoms with E-state index in [1.165, 1.54) is 70.6 Å². The lowest BCUT2D eigenvalue weighted by molar-refractivity contribution is -0.153. The molecule has 0 aliphatic carbocycles. The Labute approximate surface area is 306 Å². The average Bonchev–Trinajstić information content (AvgIpc) is 3.10. The van der Waals surface area contributed by atoms with Gasteiger partial charge in [0.2, 0.25) is 0 Å². The summed E-state index contributed by atoms with van der Waals surface area (Å²) in [5.74, 6) is -0.378. The van der Waals surface area contributed by atoms with Gasteiger partial charge in [0.1, 0.15) is 6.61 Å². The van der Waals surface area contributed by atoms with E-state index in [9.17, 15) is 14.3 Å². The summed E-state index contributed by atoms with van der Waals surface area (Å²) >= 11 is 0. The number of carbonyl (C=O) groups excluding carboxylic acids is 1. The van der Waals surface area contributed by atoms with Crippen molar-refractivity contribution in [3.05, 3.63) is 60.9 Å². The summed E-state index contributed by atoms with van der Waals surface area (Å²) in [5.41, 5.74) is 5.35. The highest BCUT2D eigenvalue weighted by Gasteiger charge is 2.25. The number of nitrogens with two attached hydrogens (primary N) is 1. The number of phosphoric ester groups is 1. The van der Waals surface area contributed by atoms with Crippen LogP contribution in [0.1, 0.15) is 162 Å². The number of unbranched alkanes of at least 4 members (excludes halogenated alkanes) is 16. The van der Waals surface area contributed by atoms with Crippen LogP contribution in [0.5, 0.6) is 0 Å². The van der Waals surface area contributed by atoms with Crippen LogP contribution in [-0.2, 0) is 27.9 Å². The number of hydrogen-bond acceptors (Lipinski definition) is 7. The Kier molecular flexibility index (Phi) is 36.8. The first-order chi connectivity index (χ1) is 24.4. The number of phosphoric acid groups is 1. The van der Waals surface area contributed by atoms with Crippen molar-refractivity contribution in [1.82, 2.24) is 0 Å². The summed E-state index contributed by atoms with van der Waals surface area (Å²) in [6.45, 7) is 4.08. The minimum absolute atomic E-state index is 0.0203. The zero-order valence-electron chi connectivity index (χ0n) is 31.9. The molecule has 9 heteroatoms. The van der Waals surface area contributed by atoms with Crippen LogP contribution in [0.15, 0.2) is 60.9 Å². The van der Waals surface area contributed by atoms with Gasteiger partial charge in [-0.15, -0.1) is 0 Å². The lowest BCUT2D eigenvalue weighted by Gasteiger charge is -2.19. The Morgan fingerprint density at radius 2 is 1.14 bits per heavy atom. The van der Waals surface area contributed by atoms with Gasteiger partial charge < -0.3 is 20.1 Å². The van der Waals surface area contributed by atoms with Gasteiger partial charge in [-0.2, -0.15) is 0 Å². The molecule has 1 unspecified atom stereocenters. The van der Waals surface area contributed by atoms with E-state index in [0.717, 1.165) is 70.6 Å². The molecule has 0 bridgehead atoms. The van der Waals surface area contributed by atoms with Crippen molar-refractivity contribution in [2.75, 3.05) is 26.4 Å².